The minimum Gasteiger partial charge on any atom is -0.309 e. The molecule has 1 aliphatic rings. The van der Waals surface area contributed by atoms with Crippen LogP contribution in [0.1, 0.15) is 31.5 Å². The van der Waals surface area contributed by atoms with E-state index in [1.165, 1.54) is 37.2 Å². The van der Waals surface area contributed by atoms with Crippen LogP contribution < -0.4 is 5.32 Å². The minimum absolute atomic E-state index is 0.324. The van der Waals surface area contributed by atoms with Crippen LogP contribution in [0.3, 0.4) is 0 Å². The summed E-state index contributed by atoms with van der Waals surface area (Å²) in [6.45, 7) is 5.79. The van der Waals surface area contributed by atoms with Gasteiger partial charge in [0.1, 0.15) is 0 Å². The molecule has 0 bridgehead atoms. The van der Waals surface area contributed by atoms with Crippen LogP contribution in [0.2, 0.25) is 0 Å². The molecule has 0 saturated carbocycles. The maximum absolute atomic E-state index is 4.68. The van der Waals surface area contributed by atoms with Crippen LogP contribution in [-0.2, 0) is 7.05 Å². The lowest BCUT2D eigenvalue weighted by Crippen LogP contribution is -2.35. The third-order valence-corrected chi connectivity index (χ3v) is 4.98. The standard InChI is InChI=1S/C19H28N4/c1-15(20-14-16-9-11-22(2)12-10-16)19-13-18(21-23(19)3)17-7-5-4-6-8-17/h4-8,13,15-16,20H,9-12,14H2,1-3H3. The number of hydrogen-bond donors (Lipinski definition) is 1. The molecule has 0 radical (unpaired) electrons. The summed E-state index contributed by atoms with van der Waals surface area (Å²) in [5.74, 6) is 0.801. The fourth-order valence-electron chi connectivity index (χ4n) is 3.35. The molecule has 0 amide bonds. The molecule has 1 saturated heterocycles. The Balaban J connectivity index is 1.61. The second kappa shape index (κ2) is 7.28. The molecule has 1 fully saturated rings. The van der Waals surface area contributed by atoms with Gasteiger partial charge in [-0.1, -0.05) is 30.3 Å². The number of aromatic nitrogens is 2. The van der Waals surface area contributed by atoms with Gasteiger partial charge in [0.2, 0.25) is 0 Å². The first-order valence-corrected chi connectivity index (χ1v) is 8.65. The lowest BCUT2D eigenvalue weighted by atomic mass is 9.97. The molecule has 1 unspecified atom stereocenters. The topological polar surface area (TPSA) is 33.1 Å². The quantitative estimate of drug-likeness (QED) is 0.921. The molecule has 0 aliphatic carbocycles. The van der Waals surface area contributed by atoms with Gasteiger partial charge in [-0.15, -0.1) is 0 Å². The lowest BCUT2D eigenvalue weighted by molar-refractivity contribution is 0.213. The van der Waals surface area contributed by atoms with Crippen molar-refractivity contribution in [2.24, 2.45) is 13.0 Å². The summed E-state index contributed by atoms with van der Waals surface area (Å²) in [4.78, 5) is 2.42. The number of hydrogen-bond acceptors (Lipinski definition) is 3. The van der Waals surface area contributed by atoms with Crippen molar-refractivity contribution in [2.75, 3.05) is 26.7 Å². The second-order valence-corrected chi connectivity index (χ2v) is 6.82. The molecule has 2 aromatic rings. The zero-order chi connectivity index (χ0) is 16.2. The maximum Gasteiger partial charge on any atom is 0.0926 e. The van der Waals surface area contributed by atoms with Crippen molar-refractivity contribution in [1.82, 2.24) is 20.0 Å². The van der Waals surface area contributed by atoms with Gasteiger partial charge in [0.25, 0.3) is 0 Å². The SMILES string of the molecule is CC(NCC1CCN(C)CC1)c1cc(-c2ccccc2)nn1C. The van der Waals surface area contributed by atoms with Crippen LogP contribution in [-0.4, -0.2) is 41.4 Å². The van der Waals surface area contributed by atoms with Crippen molar-refractivity contribution in [1.29, 1.82) is 0 Å². The summed E-state index contributed by atoms with van der Waals surface area (Å²) < 4.78 is 2.01. The van der Waals surface area contributed by atoms with E-state index in [-0.39, 0.29) is 0 Å². The van der Waals surface area contributed by atoms with Crippen LogP contribution in [0.15, 0.2) is 36.4 Å². The zero-order valence-corrected chi connectivity index (χ0v) is 14.5. The molecule has 4 heteroatoms. The fourth-order valence-corrected chi connectivity index (χ4v) is 3.35. The first-order valence-electron chi connectivity index (χ1n) is 8.65. The molecular weight excluding hydrogens is 284 g/mol. The molecule has 23 heavy (non-hydrogen) atoms. The van der Waals surface area contributed by atoms with Crippen LogP contribution in [0.4, 0.5) is 0 Å². The highest BCUT2D eigenvalue weighted by atomic mass is 15.3. The smallest absolute Gasteiger partial charge is 0.0926 e. The van der Waals surface area contributed by atoms with Gasteiger partial charge in [-0.3, -0.25) is 4.68 Å². The summed E-state index contributed by atoms with van der Waals surface area (Å²) in [6.07, 6.45) is 2.60. The van der Waals surface area contributed by atoms with E-state index in [4.69, 9.17) is 0 Å². The number of aryl methyl sites for hydroxylation is 1. The van der Waals surface area contributed by atoms with Crippen LogP contribution in [0.25, 0.3) is 11.3 Å². The molecule has 0 spiro atoms. The Labute approximate surface area is 139 Å². The molecule has 1 aromatic carbocycles. The molecule has 1 atom stereocenters. The van der Waals surface area contributed by atoms with Gasteiger partial charge in [-0.05, 0) is 58.4 Å². The number of benzene rings is 1. The van der Waals surface area contributed by atoms with Crippen LogP contribution in [0.5, 0.6) is 0 Å². The maximum atomic E-state index is 4.68. The van der Waals surface area contributed by atoms with Crippen molar-refractivity contribution in [3.8, 4) is 11.3 Å². The average molecular weight is 312 g/mol. The van der Waals surface area contributed by atoms with Gasteiger partial charge in [0.15, 0.2) is 0 Å². The van der Waals surface area contributed by atoms with Gasteiger partial charge < -0.3 is 10.2 Å². The summed E-state index contributed by atoms with van der Waals surface area (Å²) in [6, 6.07) is 12.9. The van der Waals surface area contributed by atoms with Crippen molar-refractivity contribution >= 4 is 0 Å². The Bertz CT molecular complexity index is 612. The van der Waals surface area contributed by atoms with Crippen LogP contribution >= 0.6 is 0 Å². The van der Waals surface area contributed by atoms with Gasteiger partial charge in [-0.25, -0.2) is 0 Å². The Morgan fingerprint density at radius 3 is 2.57 bits per heavy atom. The first-order chi connectivity index (χ1) is 11.1. The number of nitrogens with one attached hydrogen (secondary N) is 1. The van der Waals surface area contributed by atoms with E-state index in [1.54, 1.807) is 0 Å². The minimum atomic E-state index is 0.324. The van der Waals surface area contributed by atoms with E-state index in [1.807, 2.05) is 17.8 Å². The summed E-state index contributed by atoms with van der Waals surface area (Å²) >= 11 is 0. The van der Waals surface area contributed by atoms with E-state index in [0.29, 0.717) is 6.04 Å². The summed E-state index contributed by atoms with van der Waals surface area (Å²) in [5, 5.41) is 8.39. The third-order valence-electron chi connectivity index (χ3n) is 4.98. The number of nitrogens with zero attached hydrogens (tertiary/aromatic N) is 3. The normalized spacial score (nSPS) is 18.2. The molecule has 1 N–H and O–H groups in total. The first kappa shape index (κ1) is 16.2. The van der Waals surface area contributed by atoms with Gasteiger partial charge in [0, 0.05) is 18.7 Å². The largest absolute Gasteiger partial charge is 0.309 e. The Kier molecular flexibility index (Phi) is 5.13. The Morgan fingerprint density at radius 1 is 1.17 bits per heavy atom. The highest BCUT2D eigenvalue weighted by Gasteiger charge is 2.19. The van der Waals surface area contributed by atoms with Crippen LogP contribution in [0, 0.1) is 5.92 Å². The van der Waals surface area contributed by atoms with E-state index in [2.05, 4.69) is 59.6 Å². The Morgan fingerprint density at radius 2 is 1.87 bits per heavy atom. The predicted octanol–water partition coefficient (Wildman–Crippen LogP) is 3.08. The second-order valence-electron chi connectivity index (χ2n) is 6.82. The number of rotatable bonds is 5. The summed E-state index contributed by atoms with van der Waals surface area (Å²) in [7, 11) is 4.25. The zero-order valence-electron chi connectivity index (χ0n) is 14.5. The molecule has 124 valence electrons. The molecule has 2 heterocycles. The fraction of sp³-hybridized carbons (Fsp3) is 0.526. The van der Waals surface area contributed by atoms with Crippen molar-refractivity contribution in [3.63, 3.8) is 0 Å². The average Bonchev–Trinajstić information content (AvgIpc) is 2.97. The summed E-state index contributed by atoms with van der Waals surface area (Å²) in [5.41, 5.74) is 3.48. The highest BCUT2D eigenvalue weighted by Crippen LogP contribution is 2.22. The molecule has 1 aromatic heterocycles. The van der Waals surface area contributed by atoms with Crippen molar-refractivity contribution < 1.29 is 0 Å². The van der Waals surface area contributed by atoms with E-state index in [0.717, 1.165) is 18.2 Å². The van der Waals surface area contributed by atoms with Gasteiger partial charge in [-0.2, -0.15) is 5.10 Å². The highest BCUT2D eigenvalue weighted by molar-refractivity contribution is 5.59. The molecule has 4 nitrogen and oxygen atoms in total. The number of likely N-dealkylation sites (tertiary alicyclic amines) is 1. The van der Waals surface area contributed by atoms with Crippen molar-refractivity contribution in [3.05, 3.63) is 42.1 Å². The van der Waals surface area contributed by atoms with Crippen molar-refractivity contribution in [2.45, 2.75) is 25.8 Å². The lowest BCUT2D eigenvalue weighted by Gasteiger charge is -2.29. The third kappa shape index (κ3) is 4.01. The number of piperidine rings is 1. The monoisotopic (exact) mass is 312 g/mol. The van der Waals surface area contributed by atoms with Gasteiger partial charge in [0.05, 0.1) is 11.4 Å². The molecule has 1 aliphatic heterocycles. The molecule has 3 rings (SSSR count). The Hall–Kier alpha value is -1.65. The predicted molar refractivity (Wildman–Crippen MR) is 95.3 cm³/mol. The van der Waals surface area contributed by atoms with E-state index >= 15 is 0 Å². The van der Waals surface area contributed by atoms with Gasteiger partial charge >= 0.3 is 0 Å². The van der Waals surface area contributed by atoms with E-state index in [9.17, 15) is 0 Å². The van der Waals surface area contributed by atoms with E-state index < -0.39 is 0 Å². The molecular formula is C19H28N4.